The molecule has 0 aliphatic carbocycles. The van der Waals surface area contributed by atoms with Gasteiger partial charge in [-0.3, -0.25) is 4.79 Å². The Morgan fingerprint density at radius 1 is 0.376 bits per heavy atom. The maximum Gasteiger partial charge on any atom is 0.249 e. The molecule has 1 aliphatic heterocycles. The number of hydrogen-bond acceptors (Lipinski definition) is 10. The molecular formula is C82H159NO10. The number of carbonyl (C=O) groups excluding carboxylic acids is 1. The van der Waals surface area contributed by atoms with Gasteiger partial charge in [0.15, 0.2) is 6.29 Å². The number of ether oxygens (including phenoxy) is 2. The minimum atomic E-state index is -1.66. The number of carbonyl (C=O) groups is 1. The van der Waals surface area contributed by atoms with E-state index in [0.29, 0.717) is 19.3 Å². The number of allylic oxidation sites excluding steroid dienone is 4. The average molecular weight is 1320 g/mol. The maximum absolute atomic E-state index is 13.3. The Morgan fingerprint density at radius 3 is 0.957 bits per heavy atom. The second kappa shape index (κ2) is 70.5. The van der Waals surface area contributed by atoms with E-state index in [4.69, 9.17) is 9.47 Å². The van der Waals surface area contributed by atoms with Crippen LogP contribution in [0.1, 0.15) is 425 Å². The van der Waals surface area contributed by atoms with Gasteiger partial charge in [0.25, 0.3) is 0 Å². The molecule has 1 rings (SSSR count). The molecule has 93 heavy (non-hydrogen) atoms. The van der Waals surface area contributed by atoms with Crippen LogP contribution in [-0.4, -0.2) is 110 Å². The normalized spacial score (nSPS) is 18.3. The summed E-state index contributed by atoms with van der Waals surface area (Å²) in [4.78, 5) is 13.3. The molecule has 8 N–H and O–H groups in total. The zero-order chi connectivity index (χ0) is 67.4. The highest BCUT2D eigenvalue weighted by atomic mass is 16.7. The van der Waals surface area contributed by atoms with E-state index >= 15 is 0 Å². The first-order valence-electron chi connectivity index (χ1n) is 41.2. The first-order valence-corrected chi connectivity index (χ1v) is 41.2. The van der Waals surface area contributed by atoms with Crippen LogP contribution in [-0.2, 0) is 14.3 Å². The van der Waals surface area contributed by atoms with Crippen molar-refractivity contribution in [1.29, 1.82) is 0 Å². The molecule has 0 aromatic heterocycles. The lowest BCUT2D eigenvalue weighted by Gasteiger charge is -2.40. The van der Waals surface area contributed by atoms with Gasteiger partial charge in [0.05, 0.1) is 25.4 Å². The molecule has 9 unspecified atom stereocenters. The quantitative estimate of drug-likeness (QED) is 0.0215. The standard InChI is InChI=1S/C82H159NO10/c1-3-5-7-9-11-13-15-17-19-21-23-25-27-29-31-33-34-35-36-37-38-39-40-41-42-44-46-48-50-52-54-56-58-60-62-64-66-68-70-75(86)81(91)83-73(72-92-82-80(90)79(89)78(88)76(71-84)93-82)77(87)74(85)69-67-65-63-61-59-57-55-53-51-49-47-45-43-32-30-28-26-24-22-20-18-16-14-12-10-8-6-4-2/h34-35,37-38,73-80,82,84-90H,3-33,36,39-72H2,1-2H3,(H,83,91)/b35-34-,38-37-. The molecule has 11 nitrogen and oxygen atoms in total. The molecule has 0 spiro atoms. The van der Waals surface area contributed by atoms with Crippen molar-refractivity contribution >= 4 is 5.91 Å². The molecule has 0 bridgehead atoms. The monoisotopic (exact) mass is 1320 g/mol. The van der Waals surface area contributed by atoms with Gasteiger partial charge in [0.2, 0.25) is 5.91 Å². The van der Waals surface area contributed by atoms with E-state index in [2.05, 4.69) is 43.5 Å². The number of unbranched alkanes of at least 4 members (excludes halogenated alkanes) is 58. The van der Waals surface area contributed by atoms with Crippen molar-refractivity contribution in [2.45, 2.75) is 480 Å². The van der Waals surface area contributed by atoms with Gasteiger partial charge in [-0.25, -0.2) is 0 Å². The Labute approximate surface area is 575 Å². The smallest absolute Gasteiger partial charge is 0.249 e. The summed E-state index contributed by atoms with van der Waals surface area (Å²) >= 11 is 0. The van der Waals surface area contributed by atoms with E-state index in [-0.39, 0.29) is 6.42 Å². The van der Waals surface area contributed by atoms with Gasteiger partial charge in [-0.1, -0.05) is 404 Å². The largest absolute Gasteiger partial charge is 0.394 e. The Bertz CT molecular complexity index is 1560. The zero-order valence-electron chi connectivity index (χ0n) is 61.5. The lowest BCUT2D eigenvalue weighted by atomic mass is 9.98. The van der Waals surface area contributed by atoms with Crippen LogP contribution in [0.3, 0.4) is 0 Å². The number of rotatable bonds is 74. The second-order valence-electron chi connectivity index (χ2n) is 29.2. The summed E-state index contributed by atoms with van der Waals surface area (Å²) in [5.74, 6) is -0.688. The molecule has 1 amide bonds. The highest BCUT2D eigenvalue weighted by Crippen LogP contribution is 2.25. The fourth-order valence-corrected chi connectivity index (χ4v) is 13.7. The predicted molar refractivity (Wildman–Crippen MR) is 395 cm³/mol. The highest BCUT2D eigenvalue weighted by Gasteiger charge is 2.44. The van der Waals surface area contributed by atoms with Crippen molar-refractivity contribution in [3.8, 4) is 0 Å². The molecule has 0 saturated carbocycles. The molecule has 0 radical (unpaired) electrons. The number of aliphatic hydroxyl groups excluding tert-OH is 7. The SMILES string of the molecule is CCCCCCCCCCCCCCCCC/C=C\C/C=C\CCCCCCCCCCCCCCCCCCC(O)C(=O)NC(COC1OC(CO)C(O)C(O)C1O)C(O)C(O)CCCCCCCCCCCCCCCCCCCCCCCCCCCCCC. The van der Waals surface area contributed by atoms with E-state index in [9.17, 15) is 40.5 Å². The lowest BCUT2D eigenvalue weighted by Crippen LogP contribution is -2.60. The van der Waals surface area contributed by atoms with Crippen LogP contribution in [0.25, 0.3) is 0 Å². The fraction of sp³-hybridized carbons (Fsp3) is 0.939. The van der Waals surface area contributed by atoms with Gasteiger partial charge >= 0.3 is 0 Å². The Hall–Kier alpha value is -1.41. The molecule has 0 aromatic rings. The van der Waals surface area contributed by atoms with Gasteiger partial charge in [-0.2, -0.15) is 0 Å². The third-order valence-electron chi connectivity index (χ3n) is 20.3. The van der Waals surface area contributed by atoms with Gasteiger partial charge in [0, 0.05) is 0 Å². The zero-order valence-corrected chi connectivity index (χ0v) is 61.5. The number of amides is 1. The van der Waals surface area contributed by atoms with Crippen molar-refractivity contribution < 1.29 is 50.0 Å². The van der Waals surface area contributed by atoms with E-state index < -0.39 is 74.2 Å². The summed E-state index contributed by atoms with van der Waals surface area (Å²) in [6, 6.07) is -1.17. The third kappa shape index (κ3) is 57.1. The van der Waals surface area contributed by atoms with E-state index in [0.717, 1.165) is 44.9 Å². The van der Waals surface area contributed by atoms with Crippen molar-refractivity contribution in [2.75, 3.05) is 13.2 Å². The van der Waals surface area contributed by atoms with Crippen molar-refractivity contribution in [3.05, 3.63) is 24.3 Å². The van der Waals surface area contributed by atoms with Crippen LogP contribution in [0.5, 0.6) is 0 Å². The lowest BCUT2D eigenvalue weighted by molar-refractivity contribution is -0.303. The molecule has 0 aromatic carbocycles. The summed E-state index contributed by atoms with van der Waals surface area (Å²) in [6.45, 7) is 3.54. The molecule has 1 aliphatic rings. The van der Waals surface area contributed by atoms with E-state index in [1.165, 1.54) is 340 Å². The molecular weight excluding hydrogens is 1160 g/mol. The molecule has 552 valence electrons. The van der Waals surface area contributed by atoms with E-state index in [1.807, 2.05) is 0 Å². The first-order chi connectivity index (χ1) is 45.7. The minimum Gasteiger partial charge on any atom is -0.394 e. The molecule has 1 saturated heterocycles. The number of nitrogens with one attached hydrogen (secondary N) is 1. The van der Waals surface area contributed by atoms with Gasteiger partial charge in [-0.15, -0.1) is 0 Å². The topological polar surface area (TPSA) is 189 Å². The molecule has 11 heteroatoms. The van der Waals surface area contributed by atoms with Crippen molar-refractivity contribution in [2.24, 2.45) is 0 Å². The summed E-state index contributed by atoms with van der Waals surface area (Å²) in [6.07, 6.45) is 80.2. The Morgan fingerprint density at radius 2 is 0.656 bits per heavy atom. The van der Waals surface area contributed by atoms with E-state index in [1.54, 1.807) is 0 Å². The van der Waals surface area contributed by atoms with Crippen LogP contribution in [0.4, 0.5) is 0 Å². The second-order valence-corrected chi connectivity index (χ2v) is 29.2. The molecule has 1 heterocycles. The molecule has 9 atom stereocenters. The van der Waals surface area contributed by atoms with Crippen molar-refractivity contribution in [3.63, 3.8) is 0 Å². The van der Waals surface area contributed by atoms with Crippen molar-refractivity contribution in [1.82, 2.24) is 5.32 Å². The van der Waals surface area contributed by atoms with Crippen LogP contribution in [0.15, 0.2) is 24.3 Å². The van der Waals surface area contributed by atoms with Crippen LogP contribution in [0, 0.1) is 0 Å². The highest BCUT2D eigenvalue weighted by molar-refractivity contribution is 5.80. The van der Waals surface area contributed by atoms with Crippen LogP contribution >= 0.6 is 0 Å². The van der Waals surface area contributed by atoms with Gasteiger partial charge in [0.1, 0.15) is 36.6 Å². The summed E-state index contributed by atoms with van der Waals surface area (Å²) < 4.78 is 11.2. The molecule has 1 fully saturated rings. The maximum atomic E-state index is 13.3. The van der Waals surface area contributed by atoms with Gasteiger partial charge in [-0.05, 0) is 44.9 Å². The number of aliphatic hydroxyl groups is 7. The number of hydrogen-bond donors (Lipinski definition) is 8. The van der Waals surface area contributed by atoms with Crippen LogP contribution in [0.2, 0.25) is 0 Å². The summed E-state index contributed by atoms with van der Waals surface area (Å²) in [5.41, 5.74) is 0. The predicted octanol–water partition coefficient (Wildman–Crippen LogP) is 21.5. The summed E-state index contributed by atoms with van der Waals surface area (Å²) in [7, 11) is 0. The third-order valence-corrected chi connectivity index (χ3v) is 20.3. The Balaban J connectivity index is 2.11. The Kier molecular flexibility index (Phi) is 67.9. The fourth-order valence-electron chi connectivity index (χ4n) is 13.7. The van der Waals surface area contributed by atoms with Crippen LogP contribution < -0.4 is 5.32 Å². The summed E-state index contributed by atoms with van der Waals surface area (Å²) in [5, 5.41) is 76.8. The minimum absolute atomic E-state index is 0.263. The first kappa shape index (κ1) is 89.6. The average Bonchev–Trinajstić information content (AvgIpc) is 1.03. The van der Waals surface area contributed by atoms with Gasteiger partial charge < -0.3 is 50.5 Å².